The van der Waals surface area contributed by atoms with E-state index in [0.717, 1.165) is 30.7 Å². The molecule has 0 atom stereocenters. The number of rotatable bonds is 3. The topological polar surface area (TPSA) is 108 Å². The van der Waals surface area contributed by atoms with Crippen molar-refractivity contribution in [3.63, 3.8) is 0 Å². The molecule has 174 valence electrons. The van der Waals surface area contributed by atoms with Crippen molar-refractivity contribution < 1.29 is 36.3 Å². The zero-order valence-corrected chi connectivity index (χ0v) is 18.2. The van der Waals surface area contributed by atoms with E-state index in [2.05, 4.69) is 4.98 Å². The van der Waals surface area contributed by atoms with Crippen LogP contribution in [0.4, 0.5) is 13.2 Å². The zero-order valence-electron chi connectivity index (χ0n) is 17.4. The number of likely N-dealkylation sites (tertiary alicyclic amines) is 1. The van der Waals surface area contributed by atoms with Crippen molar-refractivity contribution in [3.8, 4) is 0 Å². The number of aliphatic carboxylic acids is 1. The number of amides is 1. The van der Waals surface area contributed by atoms with Crippen LogP contribution < -0.4 is 0 Å². The largest absolute Gasteiger partial charge is 0.490 e. The van der Waals surface area contributed by atoms with Gasteiger partial charge < -0.3 is 10.0 Å². The van der Waals surface area contributed by atoms with Crippen molar-refractivity contribution in [2.24, 2.45) is 5.41 Å². The van der Waals surface area contributed by atoms with E-state index in [1.165, 1.54) is 6.26 Å². The van der Waals surface area contributed by atoms with Crippen LogP contribution in [0.15, 0.2) is 18.2 Å². The number of carbonyl (C=O) groups excluding carboxylic acids is 1. The average Bonchev–Trinajstić information content (AvgIpc) is 2.64. The summed E-state index contributed by atoms with van der Waals surface area (Å²) in [6.07, 6.45) is -0.757. The van der Waals surface area contributed by atoms with Crippen LogP contribution >= 0.6 is 0 Å². The molecule has 1 amide bonds. The van der Waals surface area contributed by atoms with E-state index in [-0.39, 0.29) is 11.3 Å². The number of aromatic nitrogens is 1. The van der Waals surface area contributed by atoms with Crippen LogP contribution in [0, 0.1) is 12.3 Å². The Bertz CT molecular complexity index is 913. The lowest BCUT2D eigenvalue weighted by Crippen LogP contribution is -2.51. The summed E-state index contributed by atoms with van der Waals surface area (Å²) in [7, 11) is -3.12. The Morgan fingerprint density at radius 1 is 1.23 bits per heavy atom. The number of sulfonamides is 1. The van der Waals surface area contributed by atoms with Crippen LogP contribution in [-0.4, -0.2) is 71.7 Å². The number of carboxylic acids is 1. The predicted octanol–water partition coefficient (Wildman–Crippen LogP) is 2.19. The van der Waals surface area contributed by atoms with Gasteiger partial charge in [-0.05, 0) is 43.7 Å². The molecule has 1 spiro atoms. The summed E-state index contributed by atoms with van der Waals surface area (Å²) in [6.45, 7) is 4.31. The maximum atomic E-state index is 12.3. The van der Waals surface area contributed by atoms with Crippen molar-refractivity contribution in [2.75, 3.05) is 25.9 Å². The molecule has 2 saturated heterocycles. The van der Waals surface area contributed by atoms with Gasteiger partial charge in [0, 0.05) is 31.7 Å². The second kappa shape index (κ2) is 9.51. The Morgan fingerprint density at radius 3 is 2.29 bits per heavy atom. The number of pyridine rings is 1. The summed E-state index contributed by atoms with van der Waals surface area (Å²) in [5.74, 6) is -2.58. The number of nitrogens with zero attached hydrogens (tertiary/aromatic N) is 3. The third-order valence-corrected chi connectivity index (χ3v) is 6.84. The number of aryl methyl sites for hydroxylation is 1. The first kappa shape index (κ1) is 25.1. The van der Waals surface area contributed by atoms with Crippen LogP contribution in [-0.2, 0) is 26.2 Å². The van der Waals surface area contributed by atoms with Gasteiger partial charge in [0.1, 0.15) is 0 Å². The molecule has 3 heterocycles. The molecule has 0 unspecified atom stereocenters. The second-order valence-corrected chi connectivity index (χ2v) is 9.97. The van der Waals surface area contributed by atoms with Gasteiger partial charge in [-0.25, -0.2) is 17.5 Å². The van der Waals surface area contributed by atoms with Gasteiger partial charge in [-0.3, -0.25) is 9.78 Å². The lowest BCUT2D eigenvalue weighted by atomic mass is 9.72. The van der Waals surface area contributed by atoms with E-state index in [4.69, 9.17) is 9.90 Å². The van der Waals surface area contributed by atoms with E-state index in [1.54, 1.807) is 4.31 Å². The number of carboxylic acid groups (broad SMARTS) is 1. The predicted molar refractivity (Wildman–Crippen MR) is 105 cm³/mol. The van der Waals surface area contributed by atoms with Crippen LogP contribution in [0.25, 0.3) is 0 Å². The third kappa shape index (κ3) is 7.17. The van der Waals surface area contributed by atoms with Crippen molar-refractivity contribution in [2.45, 2.75) is 45.3 Å². The SMILES string of the molecule is Cc1cccc(CN2CC3(CCC2=O)CCN(S(C)(=O)=O)CC3)n1.O=C(O)C(F)(F)F. The molecule has 0 aromatic carbocycles. The van der Waals surface area contributed by atoms with Crippen molar-refractivity contribution in [3.05, 3.63) is 29.6 Å². The smallest absolute Gasteiger partial charge is 0.475 e. The van der Waals surface area contributed by atoms with Crippen molar-refractivity contribution in [1.29, 1.82) is 0 Å². The first-order valence-corrected chi connectivity index (χ1v) is 11.5. The third-order valence-electron chi connectivity index (χ3n) is 5.54. The fourth-order valence-electron chi connectivity index (χ4n) is 3.83. The van der Waals surface area contributed by atoms with E-state index in [0.29, 0.717) is 32.6 Å². The van der Waals surface area contributed by atoms with Crippen molar-refractivity contribution in [1.82, 2.24) is 14.2 Å². The molecule has 0 radical (unpaired) electrons. The minimum Gasteiger partial charge on any atom is -0.475 e. The Morgan fingerprint density at radius 2 is 1.81 bits per heavy atom. The molecular weight excluding hydrogens is 439 g/mol. The maximum absolute atomic E-state index is 12.3. The summed E-state index contributed by atoms with van der Waals surface area (Å²) in [5.41, 5.74) is 1.92. The monoisotopic (exact) mass is 465 g/mol. The fraction of sp³-hybridized carbons (Fsp3) is 0.632. The minimum absolute atomic E-state index is 0.0545. The summed E-state index contributed by atoms with van der Waals surface area (Å²) < 4.78 is 56.7. The van der Waals surface area contributed by atoms with Crippen molar-refractivity contribution >= 4 is 21.9 Å². The molecule has 2 aliphatic heterocycles. The number of hydrogen-bond donors (Lipinski definition) is 1. The molecule has 8 nitrogen and oxygen atoms in total. The Balaban J connectivity index is 0.000000423. The second-order valence-electron chi connectivity index (χ2n) is 7.99. The summed E-state index contributed by atoms with van der Waals surface area (Å²) in [5, 5.41) is 7.12. The van der Waals surface area contributed by atoms with Gasteiger partial charge in [-0.15, -0.1) is 0 Å². The van der Waals surface area contributed by atoms with E-state index < -0.39 is 22.2 Å². The average molecular weight is 465 g/mol. The van der Waals surface area contributed by atoms with Gasteiger partial charge in [0.15, 0.2) is 0 Å². The molecule has 1 aromatic rings. The summed E-state index contributed by atoms with van der Waals surface area (Å²) >= 11 is 0. The number of alkyl halides is 3. The first-order chi connectivity index (χ1) is 14.2. The summed E-state index contributed by atoms with van der Waals surface area (Å²) in [6, 6.07) is 5.87. The maximum Gasteiger partial charge on any atom is 0.490 e. The lowest BCUT2D eigenvalue weighted by Gasteiger charge is -2.46. The minimum atomic E-state index is -5.08. The van der Waals surface area contributed by atoms with Crippen LogP contribution in [0.2, 0.25) is 0 Å². The van der Waals surface area contributed by atoms with E-state index >= 15 is 0 Å². The van der Waals surface area contributed by atoms with Crippen LogP contribution in [0.1, 0.15) is 37.1 Å². The van der Waals surface area contributed by atoms with E-state index in [1.807, 2.05) is 30.0 Å². The Hall–Kier alpha value is -2.21. The Kier molecular flexibility index (Phi) is 7.69. The van der Waals surface area contributed by atoms with Crippen LogP contribution in [0.5, 0.6) is 0 Å². The molecule has 0 bridgehead atoms. The molecule has 1 aromatic heterocycles. The van der Waals surface area contributed by atoms with Gasteiger partial charge >= 0.3 is 12.1 Å². The number of halogens is 3. The highest BCUT2D eigenvalue weighted by Gasteiger charge is 2.42. The molecule has 12 heteroatoms. The zero-order chi connectivity index (χ0) is 23.4. The Labute approximate surface area is 179 Å². The highest BCUT2D eigenvalue weighted by atomic mass is 32.2. The fourth-order valence-corrected chi connectivity index (χ4v) is 4.68. The molecule has 3 rings (SSSR count). The highest BCUT2D eigenvalue weighted by molar-refractivity contribution is 7.88. The number of carbonyl (C=O) groups is 2. The molecular formula is C19H26F3N3O5S. The normalized spacial score (nSPS) is 19.6. The molecule has 2 aliphatic rings. The van der Waals surface area contributed by atoms with E-state index in [9.17, 15) is 26.4 Å². The highest BCUT2D eigenvalue weighted by Crippen LogP contribution is 2.41. The molecule has 2 fully saturated rings. The quantitative estimate of drug-likeness (QED) is 0.733. The molecule has 1 N–H and O–H groups in total. The van der Waals surface area contributed by atoms with Gasteiger partial charge in [0.05, 0.1) is 18.5 Å². The van der Waals surface area contributed by atoms with Gasteiger partial charge in [0.25, 0.3) is 0 Å². The number of piperidine rings is 2. The standard InChI is InChI=1S/C17H25N3O3S.C2HF3O2/c1-14-4-3-5-15(18-14)12-19-13-17(7-6-16(19)21)8-10-20(11-9-17)24(2,22)23;3-2(4,5)1(6)7/h3-5H,6-13H2,1-2H3;(H,6,7). The van der Waals surface area contributed by atoms with Crippen LogP contribution in [0.3, 0.4) is 0 Å². The van der Waals surface area contributed by atoms with Gasteiger partial charge in [0.2, 0.25) is 15.9 Å². The summed E-state index contributed by atoms with van der Waals surface area (Å²) in [4.78, 5) is 27.6. The molecule has 0 aliphatic carbocycles. The molecule has 0 saturated carbocycles. The lowest BCUT2D eigenvalue weighted by molar-refractivity contribution is -0.192. The van der Waals surface area contributed by atoms with Gasteiger partial charge in [-0.2, -0.15) is 13.2 Å². The van der Waals surface area contributed by atoms with Gasteiger partial charge in [-0.1, -0.05) is 6.07 Å². The first-order valence-electron chi connectivity index (χ1n) is 9.67. The number of hydrogen-bond acceptors (Lipinski definition) is 5. The molecule has 31 heavy (non-hydrogen) atoms.